The molecule has 0 fully saturated rings. The molecule has 1 unspecified atom stereocenters. The highest BCUT2D eigenvalue weighted by Crippen LogP contribution is 1.91. The molecule has 0 aromatic rings. The molecular weight excluding hydrogens is 182 g/mol. The Hall–Kier alpha value is -1.10. The van der Waals surface area contributed by atoms with Crippen molar-refractivity contribution in [2.75, 3.05) is 13.1 Å². The van der Waals surface area contributed by atoms with Crippen LogP contribution < -0.4 is 16.4 Å². The van der Waals surface area contributed by atoms with Crippen molar-refractivity contribution in [3.63, 3.8) is 0 Å². The Morgan fingerprint density at radius 3 is 2.43 bits per heavy atom. The second kappa shape index (κ2) is 7.32. The van der Waals surface area contributed by atoms with Crippen molar-refractivity contribution in [3.05, 3.63) is 0 Å². The molecular formula is C9H19N3O2. The molecule has 0 heterocycles. The number of nitrogens with one attached hydrogen (secondary N) is 2. The maximum atomic E-state index is 11.2. The summed E-state index contributed by atoms with van der Waals surface area (Å²) in [6.07, 6.45) is 1.02. The molecule has 5 nitrogen and oxygen atoms in total. The minimum absolute atomic E-state index is 0.114. The summed E-state index contributed by atoms with van der Waals surface area (Å²) in [7, 11) is 0. The van der Waals surface area contributed by atoms with Gasteiger partial charge >= 0.3 is 0 Å². The maximum absolute atomic E-state index is 11.2. The molecule has 82 valence electrons. The fourth-order valence-corrected chi connectivity index (χ4v) is 1.05. The summed E-state index contributed by atoms with van der Waals surface area (Å²) in [6.45, 7) is 5.07. The summed E-state index contributed by atoms with van der Waals surface area (Å²) in [5.41, 5.74) is 5.14. The standard InChI is InChI=1S/C9H19N3O2/c1-3-5-12-7(9(10)14)6-8(13)11-4-2/h7,12H,3-6H2,1-2H3,(H2,10,14)(H,11,13). The van der Waals surface area contributed by atoms with Gasteiger partial charge in [-0.15, -0.1) is 0 Å². The molecule has 0 aromatic heterocycles. The molecule has 0 bridgehead atoms. The number of primary amides is 1. The van der Waals surface area contributed by atoms with Gasteiger partial charge in [-0.2, -0.15) is 0 Å². The van der Waals surface area contributed by atoms with Crippen LogP contribution in [0.5, 0.6) is 0 Å². The summed E-state index contributed by atoms with van der Waals surface area (Å²) < 4.78 is 0. The summed E-state index contributed by atoms with van der Waals surface area (Å²) in [5.74, 6) is -0.635. The molecule has 0 aromatic carbocycles. The van der Waals surface area contributed by atoms with E-state index in [1.54, 1.807) is 0 Å². The van der Waals surface area contributed by atoms with Gasteiger partial charge in [0.05, 0.1) is 12.5 Å². The van der Waals surface area contributed by atoms with Crippen molar-refractivity contribution in [3.8, 4) is 0 Å². The molecule has 14 heavy (non-hydrogen) atoms. The molecule has 1 atom stereocenters. The first-order chi connectivity index (χ1) is 6.61. The van der Waals surface area contributed by atoms with E-state index in [2.05, 4.69) is 10.6 Å². The average molecular weight is 201 g/mol. The molecule has 0 rings (SSSR count). The largest absolute Gasteiger partial charge is 0.368 e. The van der Waals surface area contributed by atoms with Gasteiger partial charge in [-0.3, -0.25) is 9.59 Å². The van der Waals surface area contributed by atoms with Crippen molar-refractivity contribution in [1.82, 2.24) is 10.6 Å². The minimum Gasteiger partial charge on any atom is -0.368 e. The molecule has 2 amide bonds. The zero-order valence-electron chi connectivity index (χ0n) is 8.80. The van der Waals surface area contributed by atoms with Crippen LogP contribution >= 0.6 is 0 Å². The van der Waals surface area contributed by atoms with Crippen molar-refractivity contribution in [2.24, 2.45) is 5.73 Å². The van der Waals surface area contributed by atoms with Gasteiger partial charge in [-0.05, 0) is 19.9 Å². The predicted molar refractivity (Wildman–Crippen MR) is 54.6 cm³/mol. The Morgan fingerprint density at radius 1 is 1.36 bits per heavy atom. The first-order valence-electron chi connectivity index (χ1n) is 4.91. The van der Waals surface area contributed by atoms with Gasteiger partial charge in [0.15, 0.2) is 0 Å². The summed E-state index contributed by atoms with van der Waals surface area (Å²) in [6, 6.07) is -0.554. The molecule has 0 aliphatic rings. The molecule has 0 spiro atoms. The quantitative estimate of drug-likeness (QED) is 0.512. The summed E-state index contributed by atoms with van der Waals surface area (Å²) in [5, 5.41) is 5.54. The van der Waals surface area contributed by atoms with Gasteiger partial charge in [0.2, 0.25) is 11.8 Å². The van der Waals surface area contributed by atoms with Gasteiger partial charge in [-0.1, -0.05) is 6.92 Å². The third-order valence-electron chi connectivity index (χ3n) is 1.75. The Labute approximate surface area is 84.4 Å². The summed E-state index contributed by atoms with van der Waals surface area (Å²) >= 11 is 0. The van der Waals surface area contributed by atoms with Crippen LogP contribution in [0.1, 0.15) is 26.7 Å². The topological polar surface area (TPSA) is 84.2 Å². The van der Waals surface area contributed by atoms with Crippen LogP contribution in [0.2, 0.25) is 0 Å². The van der Waals surface area contributed by atoms with Crippen LogP contribution in [-0.4, -0.2) is 30.9 Å². The molecule has 0 saturated carbocycles. The van der Waals surface area contributed by atoms with Gasteiger partial charge in [0.1, 0.15) is 0 Å². The first-order valence-corrected chi connectivity index (χ1v) is 4.91. The van der Waals surface area contributed by atoms with Crippen LogP contribution in [0, 0.1) is 0 Å². The van der Waals surface area contributed by atoms with Gasteiger partial charge in [0, 0.05) is 6.54 Å². The third kappa shape index (κ3) is 5.53. The molecule has 0 saturated heterocycles. The van der Waals surface area contributed by atoms with E-state index in [-0.39, 0.29) is 12.3 Å². The van der Waals surface area contributed by atoms with Crippen LogP contribution in [0.4, 0.5) is 0 Å². The molecule has 5 heteroatoms. The third-order valence-corrected chi connectivity index (χ3v) is 1.75. The van der Waals surface area contributed by atoms with E-state index in [9.17, 15) is 9.59 Å². The van der Waals surface area contributed by atoms with E-state index in [4.69, 9.17) is 5.73 Å². The Morgan fingerprint density at radius 2 is 2.00 bits per heavy atom. The van der Waals surface area contributed by atoms with E-state index in [0.29, 0.717) is 13.1 Å². The molecule has 0 aliphatic heterocycles. The SMILES string of the molecule is CCCNC(CC(=O)NCC)C(N)=O. The number of hydrogen-bond acceptors (Lipinski definition) is 3. The predicted octanol–water partition coefficient (Wildman–Crippen LogP) is -0.634. The zero-order valence-corrected chi connectivity index (χ0v) is 8.80. The lowest BCUT2D eigenvalue weighted by molar-refractivity contribution is -0.126. The van der Waals surface area contributed by atoms with Crippen LogP contribution in [0.15, 0.2) is 0 Å². The van der Waals surface area contributed by atoms with Gasteiger partial charge < -0.3 is 16.4 Å². The number of amides is 2. The summed E-state index contributed by atoms with van der Waals surface area (Å²) in [4.78, 5) is 22.1. The number of nitrogens with two attached hydrogens (primary N) is 1. The van der Waals surface area contributed by atoms with Crippen LogP contribution in [0.25, 0.3) is 0 Å². The van der Waals surface area contributed by atoms with E-state index in [0.717, 1.165) is 6.42 Å². The number of carbonyl (C=O) groups excluding carboxylic acids is 2. The smallest absolute Gasteiger partial charge is 0.235 e. The van der Waals surface area contributed by atoms with E-state index in [1.807, 2.05) is 13.8 Å². The normalized spacial score (nSPS) is 12.1. The van der Waals surface area contributed by atoms with E-state index < -0.39 is 11.9 Å². The first kappa shape index (κ1) is 12.9. The Kier molecular flexibility index (Phi) is 6.74. The Bertz CT molecular complexity index is 194. The van der Waals surface area contributed by atoms with Crippen molar-refractivity contribution >= 4 is 11.8 Å². The van der Waals surface area contributed by atoms with Crippen LogP contribution in [-0.2, 0) is 9.59 Å². The zero-order chi connectivity index (χ0) is 11.0. The monoisotopic (exact) mass is 201 g/mol. The highest BCUT2D eigenvalue weighted by molar-refractivity contribution is 5.87. The highest BCUT2D eigenvalue weighted by atomic mass is 16.2. The molecule has 0 radical (unpaired) electrons. The number of rotatable bonds is 7. The van der Waals surface area contributed by atoms with Crippen molar-refractivity contribution in [2.45, 2.75) is 32.7 Å². The number of hydrogen-bond donors (Lipinski definition) is 3. The highest BCUT2D eigenvalue weighted by Gasteiger charge is 2.17. The van der Waals surface area contributed by atoms with Gasteiger partial charge in [-0.25, -0.2) is 0 Å². The average Bonchev–Trinajstić information content (AvgIpc) is 2.12. The van der Waals surface area contributed by atoms with Crippen LogP contribution in [0.3, 0.4) is 0 Å². The second-order valence-corrected chi connectivity index (χ2v) is 3.07. The lowest BCUT2D eigenvalue weighted by atomic mass is 10.2. The molecule has 0 aliphatic carbocycles. The lowest BCUT2D eigenvalue weighted by Crippen LogP contribution is -2.44. The van der Waals surface area contributed by atoms with Crippen molar-refractivity contribution in [1.29, 1.82) is 0 Å². The van der Waals surface area contributed by atoms with E-state index in [1.165, 1.54) is 0 Å². The van der Waals surface area contributed by atoms with Gasteiger partial charge in [0.25, 0.3) is 0 Å². The van der Waals surface area contributed by atoms with E-state index >= 15 is 0 Å². The molecule has 4 N–H and O–H groups in total. The fourth-order valence-electron chi connectivity index (χ4n) is 1.05. The minimum atomic E-state index is -0.554. The lowest BCUT2D eigenvalue weighted by Gasteiger charge is -2.13. The number of carbonyl (C=O) groups is 2. The maximum Gasteiger partial charge on any atom is 0.235 e. The van der Waals surface area contributed by atoms with Crippen molar-refractivity contribution < 1.29 is 9.59 Å². The Balaban J connectivity index is 3.95. The second-order valence-electron chi connectivity index (χ2n) is 3.07. The fraction of sp³-hybridized carbons (Fsp3) is 0.778.